The molecule has 6 heteroatoms. The second-order valence-electron chi connectivity index (χ2n) is 6.35. The number of carboxylic acids is 1. The van der Waals surface area contributed by atoms with Gasteiger partial charge < -0.3 is 16.0 Å². The first-order chi connectivity index (χ1) is 18.0. The van der Waals surface area contributed by atoms with Gasteiger partial charge in [-0.25, -0.2) is 4.79 Å². The average molecular weight is 492 g/mol. The summed E-state index contributed by atoms with van der Waals surface area (Å²) in [6, 6.07) is 16.2. The van der Waals surface area contributed by atoms with E-state index >= 15 is 0 Å². The van der Waals surface area contributed by atoms with Gasteiger partial charge in [-0.1, -0.05) is 30.2 Å². The molecule has 0 radical (unpaired) electrons. The molecular weight excluding hydrogens is 476 g/mol. The van der Waals surface area contributed by atoms with E-state index in [9.17, 15) is 9.59 Å². The smallest absolute Gasteiger partial charge is 0.382 e. The van der Waals surface area contributed by atoms with Crippen LogP contribution in [0.15, 0.2) is 54.3 Å². The van der Waals surface area contributed by atoms with Crippen LogP contribution in [0.25, 0.3) is 6.08 Å². The van der Waals surface area contributed by atoms with Crippen LogP contribution >= 0.6 is 0 Å². The van der Waals surface area contributed by atoms with Gasteiger partial charge in [0.05, 0.1) is 17.2 Å². The molecule has 0 fully saturated rings. The second-order valence-corrected chi connectivity index (χ2v) is 6.35. The fourth-order valence-electron chi connectivity index (χ4n) is 2.40. The normalized spacial score (nSPS) is 9.58. The van der Waals surface area contributed by atoms with Gasteiger partial charge in [-0.3, -0.25) is 4.79 Å². The van der Waals surface area contributed by atoms with Gasteiger partial charge in [0, 0.05) is 5.92 Å². The largest absolute Gasteiger partial charge is 0.472 e. The molecule has 1 aliphatic rings. The standard InChI is InChI=1S/C16H9NO2.C16H4O2.H3N/c17-10-12-7-5-11(6-8-12)9-15-16(18)13-3-1-2-4-14(13)19-15;1-2-3-4-5-6-7-8-9-10-11-12-13-14-15-16(17)18;/h1-9H;1H3,(H,17,18);1H3/b15-9-;;. The summed E-state index contributed by atoms with van der Waals surface area (Å²) >= 11 is 0. The minimum absolute atomic E-state index is 0. The number of allylic oxidation sites excluding steroid dienone is 1. The zero-order valence-corrected chi connectivity index (χ0v) is 20.0. The molecule has 178 valence electrons. The summed E-state index contributed by atoms with van der Waals surface area (Å²) in [5, 5.41) is 16.9. The third kappa shape index (κ3) is 10.6. The predicted octanol–water partition coefficient (Wildman–Crippen LogP) is 3.45. The molecule has 0 amide bonds. The number of carbonyl (C=O) groups is 2. The third-order valence-corrected chi connectivity index (χ3v) is 3.89. The lowest BCUT2D eigenvalue weighted by molar-refractivity contribution is -0.130. The number of hydrogen-bond donors (Lipinski definition) is 2. The maximum absolute atomic E-state index is 12.1. The van der Waals surface area contributed by atoms with Crippen LogP contribution < -0.4 is 10.9 Å². The molecule has 0 spiro atoms. The zero-order valence-electron chi connectivity index (χ0n) is 20.0. The van der Waals surface area contributed by atoms with Crippen molar-refractivity contribution in [1.29, 1.82) is 5.26 Å². The van der Waals surface area contributed by atoms with E-state index in [0.29, 0.717) is 22.6 Å². The summed E-state index contributed by atoms with van der Waals surface area (Å²) in [7, 11) is 0. The van der Waals surface area contributed by atoms with Crippen molar-refractivity contribution in [1.82, 2.24) is 6.15 Å². The Hall–Kier alpha value is -6.51. The number of para-hydroxylation sites is 1. The number of carboxylic acid groups (broad SMARTS) is 1. The molecule has 4 N–H and O–H groups in total. The Kier molecular flexibility index (Phi) is 13.2. The van der Waals surface area contributed by atoms with Crippen molar-refractivity contribution in [3.63, 3.8) is 0 Å². The highest BCUT2D eigenvalue weighted by molar-refractivity contribution is 6.14. The third-order valence-electron chi connectivity index (χ3n) is 3.89. The molecule has 2 aromatic rings. The van der Waals surface area contributed by atoms with Crippen LogP contribution in [0.3, 0.4) is 0 Å². The van der Waals surface area contributed by atoms with E-state index in [1.165, 1.54) is 0 Å². The van der Waals surface area contributed by atoms with E-state index in [4.69, 9.17) is 15.1 Å². The number of ether oxygens (including phenoxy) is 1. The number of aliphatic carboxylic acids is 1. The van der Waals surface area contributed by atoms with E-state index in [2.05, 4.69) is 83.0 Å². The number of Topliss-reactive ketones (excluding diaryl/α,β-unsaturated/α-hetero) is 1. The van der Waals surface area contributed by atoms with Crippen LogP contribution in [0.5, 0.6) is 5.75 Å². The molecule has 6 nitrogen and oxygen atoms in total. The lowest BCUT2D eigenvalue weighted by Gasteiger charge is -1.98. The van der Waals surface area contributed by atoms with Gasteiger partial charge in [0.15, 0.2) is 5.76 Å². The van der Waals surface area contributed by atoms with Gasteiger partial charge >= 0.3 is 5.97 Å². The summed E-state index contributed by atoms with van der Waals surface area (Å²) in [5.41, 5.74) is 2.00. The van der Waals surface area contributed by atoms with Crippen molar-refractivity contribution in [3.8, 4) is 94.7 Å². The Morgan fingerprint density at radius 3 is 1.84 bits per heavy atom. The molecule has 0 aromatic heterocycles. The summed E-state index contributed by atoms with van der Waals surface area (Å²) in [4.78, 5) is 22.0. The van der Waals surface area contributed by atoms with Crippen LogP contribution in [-0.4, -0.2) is 16.9 Å². The summed E-state index contributed by atoms with van der Waals surface area (Å²) < 4.78 is 5.53. The van der Waals surface area contributed by atoms with E-state index in [0.717, 1.165) is 5.56 Å². The van der Waals surface area contributed by atoms with Crippen LogP contribution in [-0.2, 0) is 4.79 Å². The number of rotatable bonds is 1. The first-order valence-electron chi connectivity index (χ1n) is 10.2. The molecule has 2 aromatic carbocycles. The predicted molar refractivity (Wildman–Crippen MR) is 143 cm³/mol. The van der Waals surface area contributed by atoms with Crippen molar-refractivity contribution >= 4 is 17.8 Å². The fourth-order valence-corrected chi connectivity index (χ4v) is 2.40. The maximum Gasteiger partial charge on any atom is 0.382 e. The Morgan fingerprint density at radius 1 is 0.816 bits per heavy atom. The topological polar surface area (TPSA) is 122 Å². The van der Waals surface area contributed by atoms with Gasteiger partial charge in [-0.05, 0) is 114 Å². The molecule has 0 bridgehead atoms. The summed E-state index contributed by atoms with van der Waals surface area (Å²) in [6.45, 7) is 1.68. The van der Waals surface area contributed by atoms with Crippen molar-refractivity contribution in [2.24, 2.45) is 0 Å². The van der Waals surface area contributed by atoms with E-state index in [1.54, 1.807) is 49.4 Å². The Bertz CT molecular complexity index is 1740. The van der Waals surface area contributed by atoms with Gasteiger partial charge in [-0.15, -0.1) is 0 Å². The highest BCUT2D eigenvalue weighted by atomic mass is 16.5. The van der Waals surface area contributed by atoms with E-state index in [-0.39, 0.29) is 11.9 Å². The number of fused-ring (bicyclic) bond motifs is 1. The molecule has 0 unspecified atom stereocenters. The molecule has 38 heavy (non-hydrogen) atoms. The zero-order chi connectivity index (χ0) is 26.7. The Morgan fingerprint density at radius 2 is 1.34 bits per heavy atom. The highest BCUT2D eigenvalue weighted by Gasteiger charge is 2.26. The van der Waals surface area contributed by atoms with Gasteiger partial charge in [0.25, 0.3) is 0 Å². The van der Waals surface area contributed by atoms with Crippen LogP contribution in [0.2, 0.25) is 0 Å². The van der Waals surface area contributed by atoms with Crippen molar-refractivity contribution in [2.75, 3.05) is 0 Å². The molecule has 0 saturated carbocycles. The Balaban J connectivity index is 0.000000371. The van der Waals surface area contributed by atoms with Gasteiger partial charge in [-0.2, -0.15) is 5.26 Å². The van der Waals surface area contributed by atoms with E-state index < -0.39 is 5.97 Å². The Labute approximate surface area is 221 Å². The number of nitriles is 1. The molecule has 0 atom stereocenters. The molecule has 0 aliphatic carbocycles. The van der Waals surface area contributed by atoms with Gasteiger partial charge in [0.2, 0.25) is 5.78 Å². The average Bonchev–Trinajstić information content (AvgIpc) is 3.22. The number of ketones is 1. The number of carbonyl (C=O) groups excluding carboxylic acids is 1. The first-order valence-corrected chi connectivity index (χ1v) is 10.2. The number of nitrogens with zero attached hydrogens (tertiary/aromatic N) is 1. The second kappa shape index (κ2) is 17.0. The monoisotopic (exact) mass is 492 g/mol. The molecule has 1 heterocycles. The summed E-state index contributed by atoms with van der Waals surface area (Å²) in [6.07, 6.45) is 1.68. The number of benzene rings is 2. The quantitative estimate of drug-likeness (QED) is 0.465. The minimum atomic E-state index is -1.24. The SMILES string of the molecule is CC#CC#CC#CC#CC#CC#CC#CC(=O)O.N.N#Cc1ccc(/C=C2\Oc3ccccc3C2=O)cc1. The van der Waals surface area contributed by atoms with Crippen LogP contribution in [0.4, 0.5) is 0 Å². The number of hydrogen-bond acceptors (Lipinski definition) is 5. The van der Waals surface area contributed by atoms with Crippen molar-refractivity contribution < 1.29 is 19.4 Å². The van der Waals surface area contributed by atoms with E-state index in [1.807, 2.05) is 18.1 Å². The van der Waals surface area contributed by atoms with Crippen molar-refractivity contribution in [3.05, 3.63) is 71.0 Å². The molecule has 1 aliphatic heterocycles. The first kappa shape index (κ1) is 29.5. The molecule has 0 saturated heterocycles. The minimum Gasteiger partial charge on any atom is -0.472 e. The van der Waals surface area contributed by atoms with Crippen LogP contribution in [0.1, 0.15) is 28.4 Å². The van der Waals surface area contributed by atoms with Crippen molar-refractivity contribution in [2.45, 2.75) is 6.92 Å². The molecule has 3 rings (SSSR count). The fraction of sp³-hybridized carbons (Fsp3) is 0.0312. The summed E-state index contributed by atoms with van der Waals surface area (Å²) in [5.74, 6) is 32.7. The van der Waals surface area contributed by atoms with Gasteiger partial charge in [0.1, 0.15) is 5.75 Å². The molecular formula is C32H16N2O4. The maximum atomic E-state index is 12.1. The highest BCUT2D eigenvalue weighted by Crippen LogP contribution is 2.31. The lowest BCUT2D eigenvalue weighted by Crippen LogP contribution is -1.97. The van der Waals surface area contributed by atoms with Crippen LogP contribution in [0, 0.1) is 94.2 Å². The lowest BCUT2D eigenvalue weighted by atomic mass is 10.1.